The van der Waals surface area contributed by atoms with Crippen molar-refractivity contribution in [3.63, 3.8) is 0 Å². The molecule has 1 aromatic carbocycles. The number of benzene rings is 1. The van der Waals surface area contributed by atoms with Crippen LogP contribution in [0.15, 0.2) is 23.2 Å². The summed E-state index contributed by atoms with van der Waals surface area (Å²) in [5.74, 6) is 0.951. The molecule has 1 heterocycles. The van der Waals surface area contributed by atoms with Crippen molar-refractivity contribution < 1.29 is 12.6 Å². The van der Waals surface area contributed by atoms with Gasteiger partial charge in [0.15, 0.2) is 5.75 Å². The van der Waals surface area contributed by atoms with Crippen LogP contribution in [0.3, 0.4) is 0 Å². The Bertz CT molecular complexity index is 403. The summed E-state index contributed by atoms with van der Waals surface area (Å²) < 4.78 is 21.4. The van der Waals surface area contributed by atoms with Crippen LogP contribution >= 0.6 is 15.9 Å². The summed E-state index contributed by atoms with van der Waals surface area (Å²) >= 11 is 1.61. The van der Waals surface area contributed by atoms with Gasteiger partial charge in [-0.15, -0.1) is 0 Å². The van der Waals surface area contributed by atoms with Gasteiger partial charge in [0.05, 0.1) is 4.47 Å². The molecule has 1 aliphatic rings. The van der Waals surface area contributed by atoms with Gasteiger partial charge in [0.1, 0.15) is 0 Å². The van der Waals surface area contributed by atoms with E-state index in [1.54, 1.807) is 12.1 Å². The van der Waals surface area contributed by atoms with E-state index in [1.807, 2.05) is 6.07 Å². The van der Waals surface area contributed by atoms with Crippen molar-refractivity contribution in [2.75, 3.05) is 0 Å². The van der Waals surface area contributed by atoms with Gasteiger partial charge in [-0.3, -0.25) is 0 Å². The lowest BCUT2D eigenvalue weighted by Gasteiger charge is -2.00. The van der Waals surface area contributed by atoms with Crippen LogP contribution in [0.2, 0.25) is 0 Å². The summed E-state index contributed by atoms with van der Waals surface area (Å²) in [6.45, 7) is 3.63. The lowest BCUT2D eigenvalue weighted by atomic mass is 10.2. The SMILES string of the molecule is C=Cc1ccc2c(c1Br)OS(=O)O2. The van der Waals surface area contributed by atoms with E-state index in [0.717, 1.165) is 5.56 Å². The molecule has 0 N–H and O–H groups in total. The first kappa shape index (κ1) is 8.77. The van der Waals surface area contributed by atoms with Crippen molar-refractivity contribution in [2.45, 2.75) is 0 Å². The fraction of sp³-hybridized carbons (Fsp3) is 0. The van der Waals surface area contributed by atoms with Crippen LogP contribution in [0.5, 0.6) is 11.5 Å². The first-order chi connectivity index (χ1) is 6.22. The normalized spacial score (nSPS) is 18.7. The Kier molecular flexibility index (Phi) is 2.13. The zero-order valence-corrected chi connectivity index (χ0v) is 8.85. The first-order valence-corrected chi connectivity index (χ1v) is 5.25. The molecule has 0 amide bonds. The summed E-state index contributed by atoms with van der Waals surface area (Å²) in [5.41, 5.74) is 0.876. The summed E-state index contributed by atoms with van der Waals surface area (Å²) in [6.07, 6.45) is 1.68. The smallest absolute Gasteiger partial charge is 0.367 e. The maximum atomic E-state index is 10.9. The largest absolute Gasteiger partial charge is 0.418 e. The molecule has 0 spiro atoms. The van der Waals surface area contributed by atoms with Crippen LogP contribution in [0.4, 0.5) is 0 Å². The molecule has 1 unspecified atom stereocenters. The third kappa shape index (κ3) is 1.38. The molecule has 3 nitrogen and oxygen atoms in total. The van der Waals surface area contributed by atoms with Gasteiger partial charge in [-0.1, -0.05) is 12.7 Å². The number of halogens is 1. The Morgan fingerprint density at radius 2 is 2.23 bits per heavy atom. The zero-order chi connectivity index (χ0) is 9.42. The fourth-order valence-corrected chi connectivity index (χ4v) is 2.30. The van der Waals surface area contributed by atoms with E-state index in [1.165, 1.54) is 0 Å². The van der Waals surface area contributed by atoms with Gasteiger partial charge in [0, 0.05) is 0 Å². The molecule has 2 rings (SSSR count). The molecule has 0 aromatic heterocycles. The molecule has 5 heteroatoms. The average molecular weight is 261 g/mol. The predicted octanol–water partition coefficient (Wildman–Crippen LogP) is 2.44. The highest BCUT2D eigenvalue weighted by molar-refractivity contribution is 9.10. The molecule has 68 valence electrons. The first-order valence-electron chi connectivity index (χ1n) is 3.45. The molecule has 1 aromatic rings. The second-order valence-electron chi connectivity index (χ2n) is 2.37. The Morgan fingerprint density at radius 1 is 1.46 bits per heavy atom. The molecular weight excluding hydrogens is 256 g/mol. The van der Waals surface area contributed by atoms with E-state index in [0.29, 0.717) is 16.0 Å². The van der Waals surface area contributed by atoms with Crippen LogP contribution in [-0.4, -0.2) is 4.21 Å². The maximum Gasteiger partial charge on any atom is 0.418 e. The lowest BCUT2D eigenvalue weighted by molar-refractivity contribution is 0.519. The zero-order valence-electron chi connectivity index (χ0n) is 6.45. The minimum absolute atomic E-state index is 0.468. The summed E-state index contributed by atoms with van der Waals surface area (Å²) in [7, 11) is 0. The third-order valence-corrected chi connectivity index (χ3v) is 3.06. The van der Waals surface area contributed by atoms with Crippen LogP contribution in [0.1, 0.15) is 5.56 Å². The Labute approximate surface area is 86.4 Å². The lowest BCUT2D eigenvalue weighted by Crippen LogP contribution is -1.97. The maximum absolute atomic E-state index is 10.9. The van der Waals surface area contributed by atoms with E-state index in [-0.39, 0.29) is 0 Å². The van der Waals surface area contributed by atoms with Gasteiger partial charge in [-0.25, -0.2) is 0 Å². The summed E-state index contributed by atoms with van der Waals surface area (Å²) in [6, 6.07) is 3.50. The molecule has 0 aliphatic carbocycles. The second-order valence-corrected chi connectivity index (χ2v) is 3.91. The highest BCUT2D eigenvalue weighted by atomic mass is 79.9. The molecule has 0 radical (unpaired) electrons. The van der Waals surface area contributed by atoms with Gasteiger partial charge in [0.2, 0.25) is 5.75 Å². The second kappa shape index (κ2) is 3.16. The number of rotatable bonds is 1. The van der Waals surface area contributed by atoms with Crippen molar-refractivity contribution >= 4 is 33.4 Å². The number of fused-ring (bicyclic) bond motifs is 1. The van der Waals surface area contributed by atoms with Gasteiger partial charge < -0.3 is 8.37 Å². The van der Waals surface area contributed by atoms with Gasteiger partial charge in [0.25, 0.3) is 0 Å². The standard InChI is InChI=1S/C8H5BrO3S/c1-2-5-3-4-6-8(7(5)9)12-13(10)11-6/h2-4H,1H2. The van der Waals surface area contributed by atoms with Gasteiger partial charge in [-0.05, 0) is 33.6 Å². The molecular formula is C8H5BrO3S. The topological polar surface area (TPSA) is 35.5 Å². The Hall–Kier alpha value is -0.810. The van der Waals surface area contributed by atoms with E-state index in [9.17, 15) is 4.21 Å². The van der Waals surface area contributed by atoms with Crippen molar-refractivity contribution in [1.82, 2.24) is 0 Å². The molecule has 1 aliphatic heterocycles. The van der Waals surface area contributed by atoms with E-state index >= 15 is 0 Å². The summed E-state index contributed by atoms with van der Waals surface area (Å²) in [4.78, 5) is 0. The van der Waals surface area contributed by atoms with Crippen molar-refractivity contribution in [3.05, 3.63) is 28.7 Å². The van der Waals surface area contributed by atoms with E-state index in [2.05, 4.69) is 22.5 Å². The summed E-state index contributed by atoms with van der Waals surface area (Å²) in [5, 5.41) is 0. The minimum Gasteiger partial charge on any atom is -0.367 e. The van der Waals surface area contributed by atoms with Gasteiger partial charge in [-0.2, -0.15) is 4.21 Å². The highest BCUT2D eigenvalue weighted by Gasteiger charge is 2.24. The Balaban J connectivity index is 2.60. The molecule has 0 saturated heterocycles. The van der Waals surface area contributed by atoms with Crippen molar-refractivity contribution in [1.29, 1.82) is 0 Å². The highest BCUT2D eigenvalue weighted by Crippen LogP contribution is 2.42. The number of hydrogen-bond acceptors (Lipinski definition) is 3. The predicted molar refractivity (Wildman–Crippen MR) is 53.6 cm³/mol. The molecule has 13 heavy (non-hydrogen) atoms. The molecule has 0 fully saturated rings. The monoisotopic (exact) mass is 260 g/mol. The average Bonchev–Trinajstić information content (AvgIpc) is 2.47. The van der Waals surface area contributed by atoms with Crippen molar-refractivity contribution in [3.8, 4) is 11.5 Å². The van der Waals surface area contributed by atoms with Crippen LogP contribution in [0.25, 0.3) is 6.08 Å². The van der Waals surface area contributed by atoms with Crippen LogP contribution < -0.4 is 8.37 Å². The minimum atomic E-state index is -1.70. The quantitative estimate of drug-likeness (QED) is 0.778. The van der Waals surface area contributed by atoms with Crippen LogP contribution in [0, 0.1) is 0 Å². The third-order valence-electron chi connectivity index (χ3n) is 1.62. The van der Waals surface area contributed by atoms with Gasteiger partial charge >= 0.3 is 11.4 Å². The Morgan fingerprint density at radius 3 is 2.92 bits per heavy atom. The van der Waals surface area contributed by atoms with Crippen LogP contribution in [-0.2, 0) is 11.4 Å². The van der Waals surface area contributed by atoms with Crippen molar-refractivity contribution in [2.24, 2.45) is 0 Å². The van der Waals surface area contributed by atoms with E-state index in [4.69, 9.17) is 8.37 Å². The molecule has 0 saturated carbocycles. The van der Waals surface area contributed by atoms with E-state index < -0.39 is 11.4 Å². The number of hydrogen-bond donors (Lipinski definition) is 0. The molecule has 1 atom stereocenters. The fourth-order valence-electron chi connectivity index (χ4n) is 1.01. The molecule has 0 bridgehead atoms.